The van der Waals surface area contributed by atoms with Crippen molar-refractivity contribution in [2.24, 2.45) is 0 Å². The predicted molar refractivity (Wildman–Crippen MR) is 133 cm³/mol. The van der Waals surface area contributed by atoms with Gasteiger partial charge in [-0.25, -0.2) is 8.42 Å². The Morgan fingerprint density at radius 2 is 1.79 bits per heavy atom. The van der Waals surface area contributed by atoms with Gasteiger partial charge in [0, 0.05) is 12.6 Å². The monoisotopic (exact) mass is 504 g/mol. The van der Waals surface area contributed by atoms with Gasteiger partial charge in [0.25, 0.3) is 10.0 Å². The second-order valence-electron chi connectivity index (χ2n) is 7.20. The number of hydrogen-bond donors (Lipinski definition) is 1. The number of sulfonamides is 1. The minimum absolute atomic E-state index is 0.00358. The fourth-order valence-electron chi connectivity index (χ4n) is 3.17. The molecule has 10 heteroatoms. The number of ether oxygens (including phenoxy) is 2. The summed E-state index contributed by atoms with van der Waals surface area (Å²) in [6.45, 7) is 0.100. The molecule has 1 N–H and O–H groups in total. The van der Waals surface area contributed by atoms with Gasteiger partial charge in [-0.15, -0.1) is 0 Å². The van der Waals surface area contributed by atoms with Crippen LogP contribution in [0.15, 0.2) is 76.2 Å². The van der Waals surface area contributed by atoms with Gasteiger partial charge in [0.2, 0.25) is 5.91 Å². The molecule has 0 fully saturated rings. The summed E-state index contributed by atoms with van der Waals surface area (Å²) in [6, 6.07) is 16.6. The van der Waals surface area contributed by atoms with Crippen LogP contribution in [0.4, 0.5) is 5.69 Å². The topological polar surface area (TPSA) is 98.1 Å². The maximum Gasteiger partial charge on any atom is 0.264 e. The van der Waals surface area contributed by atoms with E-state index in [1.165, 1.54) is 32.4 Å². The van der Waals surface area contributed by atoms with E-state index in [1.54, 1.807) is 48.4 Å². The van der Waals surface area contributed by atoms with Crippen LogP contribution < -0.4 is 19.1 Å². The van der Waals surface area contributed by atoms with Crippen molar-refractivity contribution in [3.8, 4) is 11.5 Å². The van der Waals surface area contributed by atoms with Crippen molar-refractivity contribution in [1.82, 2.24) is 5.32 Å². The predicted octanol–water partition coefficient (Wildman–Crippen LogP) is 3.93. The number of rotatable bonds is 13. The summed E-state index contributed by atoms with van der Waals surface area (Å²) in [5.74, 6) is 2.83. The lowest BCUT2D eigenvalue weighted by Crippen LogP contribution is -2.41. The molecule has 1 amide bonds. The molecular weight excluding hydrogens is 476 g/mol. The zero-order valence-corrected chi connectivity index (χ0v) is 20.7. The summed E-state index contributed by atoms with van der Waals surface area (Å²) in [5, 5.41) is 2.81. The fourth-order valence-corrected chi connectivity index (χ4v) is 5.46. The Kier molecular flexibility index (Phi) is 9.29. The zero-order chi connectivity index (χ0) is 24.4. The second kappa shape index (κ2) is 12.4. The largest absolute Gasteiger partial charge is 0.493 e. The fraction of sp³-hybridized carbons (Fsp3) is 0.292. The van der Waals surface area contributed by atoms with Gasteiger partial charge in [0.05, 0.1) is 36.8 Å². The molecule has 1 heterocycles. The molecule has 0 saturated heterocycles. The van der Waals surface area contributed by atoms with Crippen molar-refractivity contribution in [1.29, 1.82) is 0 Å². The Morgan fingerprint density at radius 3 is 2.47 bits per heavy atom. The van der Waals surface area contributed by atoms with Gasteiger partial charge in [0.15, 0.2) is 11.5 Å². The molecule has 0 unspecified atom stereocenters. The minimum atomic E-state index is -4.05. The smallest absolute Gasteiger partial charge is 0.264 e. The van der Waals surface area contributed by atoms with Crippen molar-refractivity contribution in [3.05, 3.63) is 72.7 Å². The first-order chi connectivity index (χ1) is 16.5. The van der Waals surface area contributed by atoms with Crippen molar-refractivity contribution in [2.45, 2.75) is 17.1 Å². The molecule has 0 saturated carbocycles. The lowest BCUT2D eigenvalue weighted by atomic mass is 10.3. The lowest BCUT2D eigenvalue weighted by Gasteiger charge is -2.24. The van der Waals surface area contributed by atoms with Gasteiger partial charge < -0.3 is 19.2 Å². The molecule has 34 heavy (non-hydrogen) atoms. The van der Waals surface area contributed by atoms with Gasteiger partial charge >= 0.3 is 0 Å². The van der Waals surface area contributed by atoms with Crippen LogP contribution >= 0.6 is 11.8 Å². The minimum Gasteiger partial charge on any atom is -0.493 e. The van der Waals surface area contributed by atoms with Crippen LogP contribution in [0.3, 0.4) is 0 Å². The number of anilines is 1. The second-order valence-corrected chi connectivity index (χ2v) is 10.2. The SMILES string of the molecule is COc1ccc(S(=O)(=O)N(CC(=O)NCCCSCc2ccco2)c2ccccc2)cc1OC. The Morgan fingerprint density at radius 1 is 1.03 bits per heavy atom. The molecule has 182 valence electrons. The van der Waals surface area contributed by atoms with Gasteiger partial charge in [-0.1, -0.05) is 18.2 Å². The highest BCUT2D eigenvalue weighted by Gasteiger charge is 2.28. The van der Waals surface area contributed by atoms with Gasteiger partial charge in [0.1, 0.15) is 12.3 Å². The van der Waals surface area contributed by atoms with Crippen LogP contribution in [-0.4, -0.2) is 47.4 Å². The summed E-state index contributed by atoms with van der Waals surface area (Å²) in [4.78, 5) is 12.7. The maximum atomic E-state index is 13.5. The molecular formula is C24H28N2O6S2. The van der Waals surface area contributed by atoms with E-state index in [-0.39, 0.29) is 23.1 Å². The van der Waals surface area contributed by atoms with E-state index in [2.05, 4.69) is 5.32 Å². The van der Waals surface area contributed by atoms with Crippen LogP contribution in [0.1, 0.15) is 12.2 Å². The molecule has 0 bridgehead atoms. The van der Waals surface area contributed by atoms with E-state index in [4.69, 9.17) is 13.9 Å². The Labute approximate surface area is 204 Å². The highest BCUT2D eigenvalue weighted by Crippen LogP contribution is 2.32. The van der Waals surface area contributed by atoms with E-state index in [1.807, 2.05) is 12.1 Å². The first-order valence-corrected chi connectivity index (χ1v) is 13.2. The van der Waals surface area contributed by atoms with Crippen molar-refractivity contribution < 1.29 is 27.1 Å². The maximum absolute atomic E-state index is 13.5. The number of methoxy groups -OCH3 is 2. The Hall–Kier alpha value is -3.11. The number of nitrogens with one attached hydrogen (secondary N) is 1. The van der Waals surface area contributed by atoms with Crippen molar-refractivity contribution in [3.63, 3.8) is 0 Å². The van der Waals surface area contributed by atoms with E-state index < -0.39 is 10.0 Å². The van der Waals surface area contributed by atoms with Crippen LogP contribution in [-0.2, 0) is 20.6 Å². The summed E-state index contributed by atoms with van der Waals surface area (Å²) in [6.07, 6.45) is 2.40. The highest BCUT2D eigenvalue weighted by atomic mass is 32.2. The number of amides is 1. The first-order valence-electron chi connectivity index (χ1n) is 10.6. The number of carbonyl (C=O) groups is 1. The van der Waals surface area contributed by atoms with Gasteiger partial charge in [-0.2, -0.15) is 11.8 Å². The van der Waals surface area contributed by atoms with Crippen molar-refractivity contribution in [2.75, 3.05) is 37.4 Å². The number of para-hydroxylation sites is 1. The molecule has 0 aliphatic rings. The van der Waals surface area contributed by atoms with E-state index in [9.17, 15) is 13.2 Å². The molecule has 0 radical (unpaired) electrons. The molecule has 0 spiro atoms. The van der Waals surface area contributed by atoms with Gasteiger partial charge in [-0.3, -0.25) is 9.10 Å². The third kappa shape index (κ3) is 6.71. The number of carbonyl (C=O) groups excluding carboxylic acids is 1. The third-order valence-electron chi connectivity index (χ3n) is 4.89. The summed E-state index contributed by atoms with van der Waals surface area (Å²) >= 11 is 1.71. The lowest BCUT2D eigenvalue weighted by molar-refractivity contribution is -0.119. The molecule has 0 aliphatic heterocycles. The number of thioether (sulfide) groups is 1. The van der Waals surface area contributed by atoms with Crippen molar-refractivity contribution >= 4 is 33.4 Å². The number of nitrogens with zero attached hydrogens (tertiary/aromatic N) is 1. The first kappa shape index (κ1) is 25.5. The van der Waals surface area contributed by atoms with E-state index in [0.717, 1.165) is 28.0 Å². The number of benzene rings is 2. The molecule has 2 aromatic carbocycles. The molecule has 1 aromatic heterocycles. The molecule has 0 aliphatic carbocycles. The van der Waals surface area contributed by atoms with Crippen LogP contribution in [0.25, 0.3) is 0 Å². The Bertz CT molecular complexity index is 1150. The third-order valence-corrected chi connectivity index (χ3v) is 7.72. The highest BCUT2D eigenvalue weighted by molar-refractivity contribution is 7.98. The Balaban J connectivity index is 1.66. The molecule has 8 nitrogen and oxygen atoms in total. The number of hydrogen-bond acceptors (Lipinski definition) is 7. The van der Waals surface area contributed by atoms with Crippen LogP contribution in [0.5, 0.6) is 11.5 Å². The number of furan rings is 1. The molecule has 0 atom stereocenters. The summed E-state index contributed by atoms with van der Waals surface area (Å²) < 4.78 is 43.8. The summed E-state index contributed by atoms with van der Waals surface area (Å²) in [7, 11) is -1.14. The molecule has 3 aromatic rings. The standard InChI is InChI=1S/C24H28N2O6S2/c1-30-22-12-11-21(16-23(22)31-2)34(28,29)26(19-8-4-3-5-9-19)17-24(27)25-13-7-15-33-18-20-10-6-14-32-20/h3-6,8-12,14,16H,7,13,15,17-18H2,1-2H3,(H,25,27). The summed E-state index contributed by atoms with van der Waals surface area (Å²) in [5.41, 5.74) is 0.390. The zero-order valence-electron chi connectivity index (χ0n) is 19.1. The average Bonchev–Trinajstić information content (AvgIpc) is 3.38. The van der Waals surface area contributed by atoms with Crippen LogP contribution in [0, 0.1) is 0 Å². The van der Waals surface area contributed by atoms with E-state index >= 15 is 0 Å². The average molecular weight is 505 g/mol. The van der Waals surface area contributed by atoms with E-state index in [0.29, 0.717) is 18.0 Å². The van der Waals surface area contributed by atoms with Crippen LogP contribution in [0.2, 0.25) is 0 Å². The molecule has 3 rings (SSSR count). The van der Waals surface area contributed by atoms with Gasteiger partial charge in [-0.05, 0) is 48.6 Å². The normalized spacial score (nSPS) is 11.1. The quantitative estimate of drug-likeness (QED) is 0.352.